The Labute approximate surface area is 237 Å². The maximum absolute atomic E-state index is 12.8. The van der Waals surface area contributed by atoms with Gasteiger partial charge in [0.25, 0.3) is 5.91 Å². The van der Waals surface area contributed by atoms with Gasteiger partial charge in [-0.15, -0.1) is 0 Å². The molecule has 0 aliphatic carbocycles. The Morgan fingerprint density at radius 1 is 1.05 bits per heavy atom. The number of ether oxygens (including phenoxy) is 1. The highest BCUT2D eigenvalue weighted by molar-refractivity contribution is 6.32. The Hall–Kier alpha value is -3.06. The van der Waals surface area contributed by atoms with E-state index in [1.54, 1.807) is 34.1 Å². The Morgan fingerprint density at radius 3 is 2.30 bits per heavy atom. The molecule has 0 unspecified atom stereocenters. The van der Waals surface area contributed by atoms with Gasteiger partial charge >= 0.3 is 18.1 Å². The van der Waals surface area contributed by atoms with Crippen LogP contribution in [-0.4, -0.2) is 83.5 Å². The molecule has 2 aliphatic rings. The molecule has 0 saturated carbocycles. The second kappa shape index (κ2) is 12.2. The van der Waals surface area contributed by atoms with Gasteiger partial charge in [-0.1, -0.05) is 23.2 Å². The molecule has 0 aromatic heterocycles. The number of halogens is 5. The van der Waals surface area contributed by atoms with Crippen molar-refractivity contribution in [2.75, 3.05) is 31.1 Å². The highest BCUT2D eigenvalue weighted by Gasteiger charge is 2.42. The molecule has 9 nitrogen and oxygen atoms in total. The summed E-state index contributed by atoms with van der Waals surface area (Å²) in [7, 11) is 0. The number of aliphatic hydroxyl groups excluding tert-OH is 1. The molecule has 1 amide bonds. The molecular weight excluding hydrogens is 578 g/mol. The Balaban J connectivity index is 1.42. The van der Waals surface area contributed by atoms with Gasteiger partial charge in [-0.25, -0.2) is 4.79 Å². The van der Waals surface area contributed by atoms with Crippen molar-refractivity contribution in [3.8, 4) is 5.75 Å². The largest absolute Gasteiger partial charge is 0.491 e. The van der Waals surface area contributed by atoms with Crippen LogP contribution < -0.4 is 15.0 Å². The number of nitrogens with one attached hydrogen (secondary N) is 1. The summed E-state index contributed by atoms with van der Waals surface area (Å²) in [6, 6.07) is 8.42. The standard InChI is InChI=1S/C26H26Cl2F3N3O6/c27-16-3-1-14(2-4-16)24(38)33-7-5-17(6-8-33)32-19-12-34(13-21(19)35)20-11-22(40-25(39)26(29,30)31)18(28)9-15(20)10-23(36)37/h1-4,9,11,17,19,21,32,35H,5-8,10,12-13H2,(H,36,37)/t19-,21-/m0/s1. The first-order valence-corrected chi connectivity index (χ1v) is 13.1. The number of aliphatic carboxylic acids is 1. The number of esters is 1. The minimum absolute atomic E-state index is 0.0131. The highest BCUT2D eigenvalue weighted by Crippen LogP contribution is 2.36. The molecular formula is C26H26Cl2F3N3O6. The number of piperidine rings is 1. The van der Waals surface area contributed by atoms with Gasteiger partial charge in [-0.2, -0.15) is 13.2 Å². The van der Waals surface area contributed by atoms with Gasteiger partial charge in [0.1, 0.15) is 0 Å². The van der Waals surface area contributed by atoms with Gasteiger partial charge < -0.3 is 30.1 Å². The minimum atomic E-state index is -5.25. The predicted molar refractivity (Wildman–Crippen MR) is 140 cm³/mol. The number of aliphatic hydroxyl groups is 1. The smallest absolute Gasteiger partial charge is 0.481 e. The van der Waals surface area contributed by atoms with Crippen LogP contribution >= 0.6 is 23.2 Å². The predicted octanol–water partition coefficient (Wildman–Crippen LogP) is 3.53. The topological polar surface area (TPSA) is 119 Å². The number of hydrogen-bond acceptors (Lipinski definition) is 7. The van der Waals surface area contributed by atoms with Gasteiger partial charge in [-0.05, 0) is 48.7 Å². The molecule has 0 radical (unpaired) electrons. The lowest BCUT2D eigenvalue weighted by Crippen LogP contribution is -2.50. The lowest BCUT2D eigenvalue weighted by Gasteiger charge is -2.34. The van der Waals surface area contributed by atoms with Gasteiger partial charge in [0, 0.05) is 54.6 Å². The summed E-state index contributed by atoms with van der Waals surface area (Å²) in [5.41, 5.74) is 0.910. The van der Waals surface area contributed by atoms with Crippen LogP contribution in [0.25, 0.3) is 0 Å². The number of hydrogen-bond donors (Lipinski definition) is 3. The Kier molecular flexibility index (Phi) is 9.13. The lowest BCUT2D eigenvalue weighted by molar-refractivity contribution is -0.189. The maximum Gasteiger partial charge on any atom is 0.491 e. The van der Waals surface area contributed by atoms with Crippen molar-refractivity contribution in [3.05, 3.63) is 57.6 Å². The number of carbonyl (C=O) groups excluding carboxylic acids is 2. The summed E-state index contributed by atoms with van der Waals surface area (Å²) in [5.74, 6) is -4.34. The normalized spacial score (nSPS) is 20.1. The zero-order valence-corrected chi connectivity index (χ0v) is 22.5. The van der Waals surface area contributed by atoms with Gasteiger partial charge in [0.05, 0.1) is 23.6 Å². The van der Waals surface area contributed by atoms with Gasteiger partial charge in [0.2, 0.25) is 0 Å². The number of nitrogens with zero attached hydrogens (tertiary/aromatic N) is 2. The van der Waals surface area contributed by atoms with Crippen LogP contribution in [0.5, 0.6) is 5.75 Å². The number of amides is 1. The number of β-amino-alcohol motifs (C(OH)–C–C–N with tert-alkyl or cyclic N) is 1. The van der Waals surface area contributed by atoms with Gasteiger partial charge in [-0.3, -0.25) is 9.59 Å². The first-order chi connectivity index (χ1) is 18.8. The monoisotopic (exact) mass is 603 g/mol. The fourth-order valence-electron chi connectivity index (χ4n) is 4.89. The molecule has 14 heteroatoms. The molecule has 2 aliphatic heterocycles. The number of benzene rings is 2. The molecule has 0 bridgehead atoms. The second-order valence-corrected chi connectivity index (χ2v) is 10.5. The second-order valence-electron chi connectivity index (χ2n) is 9.69. The van der Waals surface area contributed by atoms with E-state index in [9.17, 15) is 37.8 Å². The number of alkyl halides is 3. The molecule has 3 N–H and O–H groups in total. The van der Waals surface area contributed by atoms with Crippen LogP contribution in [0, 0.1) is 0 Å². The number of carboxylic acid groups (broad SMARTS) is 1. The zero-order chi connectivity index (χ0) is 29.2. The van der Waals surface area contributed by atoms with Crippen molar-refractivity contribution in [1.82, 2.24) is 10.2 Å². The van der Waals surface area contributed by atoms with E-state index in [4.69, 9.17) is 23.2 Å². The summed E-state index contributed by atoms with van der Waals surface area (Å²) in [5, 5.41) is 23.6. The molecule has 4 rings (SSSR count). The fourth-order valence-corrected chi connectivity index (χ4v) is 5.24. The summed E-state index contributed by atoms with van der Waals surface area (Å²) in [4.78, 5) is 38.9. The average molecular weight is 604 g/mol. The van der Waals surface area contributed by atoms with Crippen LogP contribution in [-0.2, 0) is 16.0 Å². The third kappa shape index (κ3) is 7.17. The number of carbonyl (C=O) groups is 3. The molecule has 2 saturated heterocycles. The van der Waals surface area contributed by atoms with E-state index in [-0.39, 0.29) is 41.3 Å². The summed E-state index contributed by atoms with van der Waals surface area (Å²) in [6.07, 6.45) is -5.37. The molecule has 2 heterocycles. The molecule has 0 spiro atoms. The molecule has 2 aromatic carbocycles. The van der Waals surface area contributed by atoms with Crippen LogP contribution in [0.15, 0.2) is 36.4 Å². The van der Waals surface area contributed by atoms with Gasteiger partial charge in [0.15, 0.2) is 5.75 Å². The van der Waals surface area contributed by atoms with Crippen molar-refractivity contribution >= 4 is 46.7 Å². The average Bonchev–Trinajstić information content (AvgIpc) is 3.24. The van der Waals surface area contributed by atoms with E-state index in [1.807, 2.05) is 0 Å². The third-order valence-corrected chi connectivity index (χ3v) is 7.41. The quantitative estimate of drug-likeness (QED) is 0.325. The maximum atomic E-state index is 12.8. The number of carboxylic acids is 1. The van der Waals surface area contributed by atoms with Crippen LogP contribution in [0.4, 0.5) is 18.9 Å². The summed E-state index contributed by atoms with van der Waals surface area (Å²) in [6.45, 7) is 1.25. The van der Waals surface area contributed by atoms with Crippen LogP contribution in [0.2, 0.25) is 10.0 Å². The van der Waals surface area contributed by atoms with E-state index in [2.05, 4.69) is 10.1 Å². The number of anilines is 1. The van der Waals surface area contributed by atoms with Crippen molar-refractivity contribution in [1.29, 1.82) is 0 Å². The van der Waals surface area contributed by atoms with E-state index in [1.165, 1.54) is 0 Å². The number of rotatable bonds is 7. The summed E-state index contributed by atoms with van der Waals surface area (Å²) < 4.78 is 42.6. The Bertz CT molecular complexity index is 1270. The summed E-state index contributed by atoms with van der Waals surface area (Å²) >= 11 is 11.9. The fraction of sp³-hybridized carbons (Fsp3) is 0.423. The lowest BCUT2D eigenvalue weighted by atomic mass is 10.0. The first-order valence-electron chi connectivity index (χ1n) is 12.4. The van der Waals surface area contributed by atoms with Crippen molar-refractivity contribution in [3.63, 3.8) is 0 Å². The van der Waals surface area contributed by atoms with Crippen LogP contribution in [0.1, 0.15) is 28.8 Å². The molecule has 2 aromatic rings. The first kappa shape index (κ1) is 29.9. The Morgan fingerprint density at radius 2 is 1.70 bits per heavy atom. The SMILES string of the molecule is O=C(O)Cc1cc(Cl)c(OC(=O)C(F)(F)F)cc1N1C[C@H](NC2CCN(C(=O)c3ccc(Cl)cc3)CC2)[C@@H](O)C1. The molecule has 2 atom stereocenters. The molecule has 2 fully saturated rings. The van der Waals surface area contributed by atoms with Crippen molar-refractivity contribution in [2.24, 2.45) is 0 Å². The highest BCUT2D eigenvalue weighted by atomic mass is 35.5. The minimum Gasteiger partial charge on any atom is -0.481 e. The van der Waals surface area contributed by atoms with E-state index >= 15 is 0 Å². The van der Waals surface area contributed by atoms with Crippen molar-refractivity contribution < 1.29 is 42.5 Å². The van der Waals surface area contributed by atoms with Crippen LogP contribution in [0.3, 0.4) is 0 Å². The zero-order valence-electron chi connectivity index (χ0n) is 21.0. The molecule has 216 valence electrons. The van der Waals surface area contributed by atoms with E-state index in [0.717, 1.165) is 12.1 Å². The van der Waals surface area contributed by atoms with E-state index < -0.39 is 42.4 Å². The molecule has 40 heavy (non-hydrogen) atoms. The number of likely N-dealkylation sites (tertiary alicyclic amines) is 1. The van der Waals surface area contributed by atoms with Crippen molar-refractivity contribution in [2.45, 2.75) is 43.6 Å². The third-order valence-electron chi connectivity index (χ3n) is 6.86. The van der Waals surface area contributed by atoms with E-state index in [0.29, 0.717) is 36.5 Å².